The summed E-state index contributed by atoms with van der Waals surface area (Å²) in [4.78, 5) is 0. The third-order valence-corrected chi connectivity index (χ3v) is 2.82. The SMILES string of the molecule is Cc1ccc(CNC(C)CCc2ccco2)o1. The summed E-state index contributed by atoms with van der Waals surface area (Å²) in [5, 5.41) is 3.44. The first-order valence-corrected chi connectivity index (χ1v) is 6.05. The van der Waals surface area contributed by atoms with Crippen molar-refractivity contribution in [3.05, 3.63) is 47.8 Å². The van der Waals surface area contributed by atoms with Gasteiger partial charge in [-0.1, -0.05) is 0 Å². The zero-order valence-corrected chi connectivity index (χ0v) is 10.4. The van der Waals surface area contributed by atoms with Gasteiger partial charge < -0.3 is 14.2 Å². The molecule has 1 unspecified atom stereocenters. The molecular weight excluding hydrogens is 214 g/mol. The first-order chi connectivity index (χ1) is 8.24. The van der Waals surface area contributed by atoms with Gasteiger partial charge >= 0.3 is 0 Å². The highest BCUT2D eigenvalue weighted by atomic mass is 16.3. The van der Waals surface area contributed by atoms with Crippen LogP contribution >= 0.6 is 0 Å². The third kappa shape index (κ3) is 3.79. The number of furan rings is 2. The standard InChI is InChI=1S/C14H19NO2/c1-11(5-7-13-4-3-9-16-13)15-10-14-8-6-12(2)17-14/h3-4,6,8-9,11,15H,5,7,10H2,1-2H3. The third-order valence-electron chi connectivity index (χ3n) is 2.82. The Bertz CT molecular complexity index is 431. The minimum absolute atomic E-state index is 0.450. The fourth-order valence-corrected chi connectivity index (χ4v) is 1.77. The maximum absolute atomic E-state index is 5.50. The van der Waals surface area contributed by atoms with Gasteiger partial charge in [0.2, 0.25) is 0 Å². The van der Waals surface area contributed by atoms with Gasteiger partial charge in [0.1, 0.15) is 17.3 Å². The van der Waals surface area contributed by atoms with Crippen molar-refractivity contribution in [2.75, 3.05) is 0 Å². The van der Waals surface area contributed by atoms with E-state index in [0.29, 0.717) is 6.04 Å². The fourth-order valence-electron chi connectivity index (χ4n) is 1.77. The average molecular weight is 233 g/mol. The van der Waals surface area contributed by atoms with Gasteiger partial charge in [0.05, 0.1) is 12.8 Å². The highest BCUT2D eigenvalue weighted by Crippen LogP contribution is 2.08. The summed E-state index contributed by atoms with van der Waals surface area (Å²) in [6.45, 7) is 4.93. The first kappa shape index (κ1) is 12.0. The van der Waals surface area contributed by atoms with Crippen molar-refractivity contribution in [1.29, 1.82) is 0 Å². The lowest BCUT2D eigenvalue weighted by atomic mass is 10.1. The number of aryl methyl sites for hydroxylation is 2. The van der Waals surface area contributed by atoms with Crippen LogP contribution < -0.4 is 5.32 Å². The largest absolute Gasteiger partial charge is 0.469 e. The van der Waals surface area contributed by atoms with Crippen LogP contribution in [0.25, 0.3) is 0 Å². The van der Waals surface area contributed by atoms with Crippen LogP contribution in [0.3, 0.4) is 0 Å². The normalized spacial score (nSPS) is 12.8. The van der Waals surface area contributed by atoms with Crippen LogP contribution in [-0.4, -0.2) is 6.04 Å². The van der Waals surface area contributed by atoms with Crippen LogP contribution in [-0.2, 0) is 13.0 Å². The van der Waals surface area contributed by atoms with E-state index >= 15 is 0 Å². The molecule has 0 aliphatic carbocycles. The Morgan fingerprint density at radius 2 is 2.12 bits per heavy atom. The molecule has 2 heterocycles. The van der Waals surface area contributed by atoms with Gasteiger partial charge in [-0.2, -0.15) is 0 Å². The van der Waals surface area contributed by atoms with Crippen molar-refractivity contribution in [3.63, 3.8) is 0 Å². The first-order valence-electron chi connectivity index (χ1n) is 6.05. The van der Waals surface area contributed by atoms with Crippen molar-refractivity contribution in [3.8, 4) is 0 Å². The number of nitrogens with one attached hydrogen (secondary N) is 1. The van der Waals surface area contributed by atoms with E-state index in [0.717, 1.165) is 36.7 Å². The van der Waals surface area contributed by atoms with E-state index in [1.165, 1.54) is 0 Å². The Labute approximate surface area is 102 Å². The van der Waals surface area contributed by atoms with E-state index in [1.54, 1.807) is 6.26 Å². The van der Waals surface area contributed by atoms with Crippen molar-refractivity contribution in [2.45, 2.75) is 39.3 Å². The van der Waals surface area contributed by atoms with Crippen LogP contribution in [0.5, 0.6) is 0 Å². The second-order valence-corrected chi connectivity index (χ2v) is 4.41. The molecule has 3 heteroatoms. The van der Waals surface area contributed by atoms with Crippen LogP contribution in [0.4, 0.5) is 0 Å². The fraction of sp³-hybridized carbons (Fsp3) is 0.429. The van der Waals surface area contributed by atoms with E-state index in [9.17, 15) is 0 Å². The quantitative estimate of drug-likeness (QED) is 0.832. The topological polar surface area (TPSA) is 38.3 Å². The molecule has 0 aromatic carbocycles. The van der Waals surface area contributed by atoms with Crippen molar-refractivity contribution >= 4 is 0 Å². The Balaban J connectivity index is 1.69. The van der Waals surface area contributed by atoms with Crippen molar-refractivity contribution in [2.24, 2.45) is 0 Å². The minimum Gasteiger partial charge on any atom is -0.469 e. The average Bonchev–Trinajstić information content (AvgIpc) is 2.95. The second kappa shape index (κ2) is 5.73. The summed E-state index contributed by atoms with van der Waals surface area (Å²) in [6.07, 6.45) is 3.75. The van der Waals surface area contributed by atoms with Crippen LogP contribution in [0.15, 0.2) is 39.4 Å². The van der Waals surface area contributed by atoms with Crippen LogP contribution in [0.1, 0.15) is 30.6 Å². The van der Waals surface area contributed by atoms with E-state index < -0.39 is 0 Å². The summed E-state index contributed by atoms with van der Waals surface area (Å²) in [6, 6.07) is 8.40. The van der Waals surface area contributed by atoms with E-state index in [-0.39, 0.29) is 0 Å². The van der Waals surface area contributed by atoms with Crippen molar-refractivity contribution < 1.29 is 8.83 Å². The molecule has 1 atom stereocenters. The molecule has 0 bridgehead atoms. The summed E-state index contributed by atoms with van der Waals surface area (Å²) in [7, 11) is 0. The molecule has 0 saturated heterocycles. The summed E-state index contributed by atoms with van der Waals surface area (Å²) < 4.78 is 10.8. The smallest absolute Gasteiger partial charge is 0.117 e. The second-order valence-electron chi connectivity index (χ2n) is 4.41. The molecule has 2 rings (SSSR count). The highest BCUT2D eigenvalue weighted by molar-refractivity contribution is 5.05. The van der Waals surface area contributed by atoms with Gasteiger partial charge in [0.15, 0.2) is 0 Å². The lowest BCUT2D eigenvalue weighted by molar-refractivity contribution is 0.420. The van der Waals surface area contributed by atoms with Gasteiger partial charge in [0, 0.05) is 12.5 Å². The van der Waals surface area contributed by atoms with E-state index in [2.05, 4.69) is 12.2 Å². The van der Waals surface area contributed by atoms with E-state index in [4.69, 9.17) is 8.83 Å². The molecule has 0 spiro atoms. The van der Waals surface area contributed by atoms with E-state index in [1.807, 2.05) is 31.2 Å². The number of hydrogen-bond donors (Lipinski definition) is 1. The van der Waals surface area contributed by atoms with Gasteiger partial charge in [-0.25, -0.2) is 0 Å². The Kier molecular flexibility index (Phi) is 4.04. The molecule has 0 amide bonds. The van der Waals surface area contributed by atoms with Gasteiger partial charge in [0.25, 0.3) is 0 Å². The molecule has 0 radical (unpaired) electrons. The molecule has 3 nitrogen and oxygen atoms in total. The monoisotopic (exact) mass is 233 g/mol. The molecule has 17 heavy (non-hydrogen) atoms. The predicted octanol–water partition coefficient (Wildman–Crippen LogP) is 3.29. The molecule has 1 N–H and O–H groups in total. The zero-order valence-electron chi connectivity index (χ0n) is 10.4. The van der Waals surface area contributed by atoms with Crippen LogP contribution in [0, 0.1) is 6.92 Å². The lowest BCUT2D eigenvalue weighted by Crippen LogP contribution is -2.25. The number of rotatable bonds is 6. The van der Waals surface area contributed by atoms with Gasteiger partial charge in [-0.05, 0) is 44.5 Å². The van der Waals surface area contributed by atoms with Crippen LogP contribution in [0.2, 0.25) is 0 Å². The summed E-state index contributed by atoms with van der Waals surface area (Å²) in [5.74, 6) is 3.00. The predicted molar refractivity (Wildman–Crippen MR) is 66.8 cm³/mol. The zero-order chi connectivity index (χ0) is 12.1. The maximum atomic E-state index is 5.50. The Morgan fingerprint density at radius 3 is 2.76 bits per heavy atom. The molecule has 0 saturated carbocycles. The molecule has 92 valence electrons. The maximum Gasteiger partial charge on any atom is 0.117 e. The molecule has 0 aliphatic heterocycles. The molecule has 0 aliphatic rings. The summed E-state index contributed by atoms with van der Waals surface area (Å²) in [5.41, 5.74) is 0. The lowest BCUT2D eigenvalue weighted by Gasteiger charge is -2.11. The van der Waals surface area contributed by atoms with Gasteiger partial charge in [-0.15, -0.1) is 0 Å². The number of hydrogen-bond acceptors (Lipinski definition) is 3. The Hall–Kier alpha value is -1.48. The Morgan fingerprint density at radius 1 is 1.24 bits per heavy atom. The molecular formula is C14H19NO2. The summed E-state index contributed by atoms with van der Waals surface area (Å²) >= 11 is 0. The minimum atomic E-state index is 0.450. The highest BCUT2D eigenvalue weighted by Gasteiger charge is 2.05. The van der Waals surface area contributed by atoms with Gasteiger partial charge in [-0.3, -0.25) is 0 Å². The molecule has 0 fully saturated rings. The molecule has 2 aromatic heterocycles. The van der Waals surface area contributed by atoms with Crippen molar-refractivity contribution in [1.82, 2.24) is 5.32 Å². The molecule has 2 aromatic rings.